The van der Waals surface area contributed by atoms with Gasteiger partial charge in [0, 0.05) is 18.5 Å². The number of aliphatic imine (C=N–C) groups is 1. The number of amides is 1. The van der Waals surface area contributed by atoms with E-state index in [0.717, 1.165) is 26.5 Å². The van der Waals surface area contributed by atoms with Gasteiger partial charge in [-0.1, -0.05) is 42.1 Å². The van der Waals surface area contributed by atoms with Gasteiger partial charge in [0.2, 0.25) is 0 Å². The third-order valence-corrected chi connectivity index (χ3v) is 6.52. The van der Waals surface area contributed by atoms with Crippen molar-refractivity contribution in [1.29, 1.82) is 0 Å². The van der Waals surface area contributed by atoms with Crippen molar-refractivity contribution in [2.75, 3.05) is 18.5 Å². The van der Waals surface area contributed by atoms with E-state index in [-0.39, 0.29) is 5.91 Å². The van der Waals surface area contributed by atoms with Crippen molar-refractivity contribution in [2.24, 2.45) is 4.99 Å². The smallest absolute Gasteiger partial charge is 0.269 e. The van der Waals surface area contributed by atoms with Gasteiger partial charge < -0.3 is 4.90 Å². The molecule has 4 rings (SSSR count). The lowest BCUT2D eigenvalue weighted by atomic mass is 10.3. The van der Waals surface area contributed by atoms with Gasteiger partial charge in [0.05, 0.1) is 16.4 Å². The average molecular weight is 367 g/mol. The quantitative estimate of drug-likeness (QED) is 0.722. The Morgan fingerprint density at radius 1 is 1.00 bits per heavy atom. The van der Waals surface area contributed by atoms with Crippen molar-refractivity contribution in [3.8, 4) is 0 Å². The summed E-state index contributed by atoms with van der Waals surface area (Å²) in [5.41, 5.74) is 2.00. The van der Waals surface area contributed by atoms with Crippen LogP contribution >= 0.6 is 23.5 Å². The molecule has 0 bridgehead atoms. The van der Waals surface area contributed by atoms with Gasteiger partial charge in [-0.3, -0.25) is 9.69 Å². The molecule has 2 heterocycles. The molecule has 2 aliphatic rings. The molecule has 0 radical (unpaired) electrons. The van der Waals surface area contributed by atoms with Gasteiger partial charge in [-0.15, -0.1) is 0 Å². The van der Waals surface area contributed by atoms with Gasteiger partial charge in [-0.05, 0) is 43.0 Å². The third kappa shape index (κ3) is 2.85. The van der Waals surface area contributed by atoms with E-state index in [1.165, 1.54) is 16.7 Å². The minimum absolute atomic E-state index is 0.0318. The number of rotatable bonds is 2. The van der Waals surface area contributed by atoms with Crippen molar-refractivity contribution in [2.45, 2.75) is 11.8 Å². The predicted molar refractivity (Wildman–Crippen MR) is 106 cm³/mol. The van der Waals surface area contributed by atoms with E-state index in [0.29, 0.717) is 6.54 Å². The number of amidine groups is 1. The molecule has 2 aliphatic heterocycles. The maximum absolute atomic E-state index is 12.9. The molecule has 1 amide bonds. The minimum atomic E-state index is 0.0318. The van der Waals surface area contributed by atoms with E-state index in [2.05, 4.69) is 22.0 Å². The lowest BCUT2D eigenvalue weighted by molar-refractivity contribution is -0.122. The first-order valence-electron chi connectivity index (χ1n) is 8.07. The highest BCUT2D eigenvalue weighted by molar-refractivity contribution is 8.19. The fraction of sp³-hybridized carbons (Fsp3) is 0.158. The molecular formula is C19H17N3OS2. The van der Waals surface area contributed by atoms with E-state index < -0.39 is 0 Å². The van der Waals surface area contributed by atoms with Gasteiger partial charge in [-0.2, -0.15) is 0 Å². The largest absolute Gasteiger partial charge is 0.337 e. The number of fused-ring (bicyclic) bond motifs is 1. The Bertz CT molecular complexity index is 893. The molecule has 6 heteroatoms. The zero-order chi connectivity index (χ0) is 17.4. The molecule has 0 saturated carbocycles. The lowest BCUT2D eigenvalue weighted by Crippen LogP contribution is -2.29. The second kappa shape index (κ2) is 6.61. The summed E-state index contributed by atoms with van der Waals surface area (Å²) in [7, 11) is 2.01. The van der Waals surface area contributed by atoms with Crippen LogP contribution in [0.15, 0.2) is 74.4 Å². The molecule has 1 fully saturated rings. The summed E-state index contributed by atoms with van der Waals surface area (Å²) in [6.45, 7) is 2.59. The second-order valence-corrected chi connectivity index (χ2v) is 7.65. The summed E-state index contributed by atoms with van der Waals surface area (Å²) >= 11 is 3.11. The number of hydrogen-bond acceptors (Lipinski definition) is 5. The summed E-state index contributed by atoms with van der Waals surface area (Å²) in [5, 5.41) is 1.72. The van der Waals surface area contributed by atoms with Gasteiger partial charge in [-0.25, -0.2) is 4.99 Å². The van der Waals surface area contributed by atoms with Crippen LogP contribution in [0.5, 0.6) is 0 Å². The monoisotopic (exact) mass is 367 g/mol. The Balaban J connectivity index is 1.73. The number of nitrogens with zero attached hydrogens (tertiary/aromatic N) is 3. The van der Waals surface area contributed by atoms with Gasteiger partial charge >= 0.3 is 0 Å². The maximum Gasteiger partial charge on any atom is 0.269 e. The van der Waals surface area contributed by atoms with Crippen LogP contribution in [0, 0.1) is 0 Å². The molecule has 0 spiro atoms. The van der Waals surface area contributed by atoms with Crippen molar-refractivity contribution < 1.29 is 4.79 Å². The third-order valence-electron chi connectivity index (χ3n) is 4.09. The van der Waals surface area contributed by atoms with E-state index >= 15 is 0 Å². The Labute approximate surface area is 155 Å². The highest BCUT2D eigenvalue weighted by Gasteiger charge is 2.38. The van der Waals surface area contributed by atoms with Crippen LogP contribution in [0.25, 0.3) is 0 Å². The van der Waals surface area contributed by atoms with Crippen molar-refractivity contribution in [1.82, 2.24) is 4.90 Å². The van der Waals surface area contributed by atoms with Crippen molar-refractivity contribution in [3.63, 3.8) is 0 Å². The molecule has 2 aromatic rings. The molecule has 2 aromatic carbocycles. The molecule has 0 N–H and O–H groups in total. The van der Waals surface area contributed by atoms with E-state index in [4.69, 9.17) is 0 Å². The SMILES string of the molecule is CCN1C(=O)C(=C2Sc3ccccc3N2C)SC1=Nc1ccccc1. The first kappa shape index (κ1) is 16.3. The fourth-order valence-corrected chi connectivity index (χ4v) is 5.22. The zero-order valence-electron chi connectivity index (χ0n) is 14.0. The standard InChI is InChI=1S/C19H17N3OS2/c1-3-22-17(23)16(25-19(22)20-13-9-5-4-6-10-13)18-21(2)14-11-7-8-12-15(14)24-18/h4-12H,3H2,1-2H3. The van der Waals surface area contributed by atoms with Crippen molar-refractivity contribution in [3.05, 3.63) is 64.5 Å². The molecular weight excluding hydrogens is 350 g/mol. The molecule has 0 aliphatic carbocycles. The van der Waals surface area contributed by atoms with Crippen LogP contribution in [0.3, 0.4) is 0 Å². The molecule has 0 aromatic heterocycles. The highest BCUT2D eigenvalue weighted by Crippen LogP contribution is 2.49. The van der Waals surface area contributed by atoms with E-state index in [1.54, 1.807) is 16.7 Å². The van der Waals surface area contributed by atoms with Crippen LogP contribution in [-0.4, -0.2) is 29.6 Å². The number of carbonyl (C=O) groups is 1. The maximum atomic E-state index is 12.9. The summed E-state index contributed by atoms with van der Waals surface area (Å²) in [6.07, 6.45) is 0. The first-order chi connectivity index (χ1) is 12.2. The van der Waals surface area contributed by atoms with Crippen LogP contribution in [0.1, 0.15) is 6.92 Å². The lowest BCUT2D eigenvalue weighted by Gasteiger charge is -2.15. The number of anilines is 1. The Kier molecular flexibility index (Phi) is 4.31. The number of benzene rings is 2. The van der Waals surface area contributed by atoms with Gasteiger partial charge in [0.25, 0.3) is 5.91 Å². The summed E-state index contributed by atoms with van der Waals surface area (Å²) in [4.78, 5) is 23.4. The van der Waals surface area contributed by atoms with Gasteiger partial charge in [0.1, 0.15) is 4.91 Å². The van der Waals surface area contributed by atoms with E-state index in [9.17, 15) is 4.79 Å². The van der Waals surface area contributed by atoms with Gasteiger partial charge in [0.15, 0.2) is 5.17 Å². The highest BCUT2D eigenvalue weighted by atomic mass is 32.2. The topological polar surface area (TPSA) is 35.9 Å². The van der Waals surface area contributed by atoms with E-state index in [1.807, 2.05) is 56.4 Å². The fourth-order valence-electron chi connectivity index (χ4n) is 2.81. The second-order valence-electron chi connectivity index (χ2n) is 5.64. The van der Waals surface area contributed by atoms with Crippen LogP contribution < -0.4 is 4.90 Å². The zero-order valence-corrected chi connectivity index (χ0v) is 15.6. The number of carbonyl (C=O) groups excluding carboxylic acids is 1. The van der Waals surface area contributed by atoms with Crippen LogP contribution in [0.4, 0.5) is 11.4 Å². The average Bonchev–Trinajstić information content (AvgIpc) is 3.13. The Hall–Kier alpha value is -2.18. The molecule has 25 heavy (non-hydrogen) atoms. The summed E-state index contributed by atoms with van der Waals surface area (Å²) < 4.78 is 0. The molecule has 0 unspecified atom stereocenters. The first-order valence-corrected chi connectivity index (χ1v) is 9.70. The summed E-state index contributed by atoms with van der Waals surface area (Å²) in [6, 6.07) is 18.0. The van der Waals surface area contributed by atoms with Crippen LogP contribution in [0.2, 0.25) is 0 Å². The number of thioether (sulfide) groups is 2. The predicted octanol–water partition coefficient (Wildman–Crippen LogP) is 4.68. The number of hydrogen-bond donors (Lipinski definition) is 0. The molecule has 4 nitrogen and oxygen atoms in total. The molecule has 126 valence electrons. The normalized spacial score (nSPS) is 21.4. The van der Waals surface area contributed by atoms with Crippen molar-refractivity contribution >= 4 is 46.0 Å². The summed E-state index contributed by atoms with van der Waals surface area (Å²) in [5.74, 6) is 0.0318. The molecule has 1 saturated heterocycles. The number of likely N-dealkylation sites (N-methyl/N-ethyl adjacent to an activating group) is 1. The van der Waals surface area contributed by atoms with Crippen LogP contribution in [-0.2, 0) is 4.79 Å². The molecule has 0 atom stereocenters. The minimum Gasteiger partial charge on any atom is -0.337 e. The number of para-hydroxylation sites is 2. The Morgan fingerprint density at radius 2 is 1.72 bits per heavy atom. The Morgan fingerprint density at radius 3 is 2.44 bits per heavy atom.